The molecular formula is C13H28BNO4. The molecule has 0 fully saturated rings. The minimum Gasteiger partial charge on any atom is -0.426 e. The first-order valence-corrected chi connectivity index (χ1v) is 7.12. The number of amides is 1. The molecule has 0 unspecified atom stereocenters. The fourth-order valence-electron chi connectivity index (χ4n) is 2.05. The molecular weight excluding hydrogens is 245 g/mol. The van der Waals surface area contributed by atoms with Gasteiger partial charge in [-0.3, -0.25) is 4.79 Å². The molecule has 112 valence electrons. The summed E-state index contributed by atoms with van der Waals surface area (Å²) in [5, 5.41) is 30.8. The van der Waals surface area contributed by atoms with Crippen LogP contribution in [-0.4, -0.2) is 40.2 Å². The first kappa shape index (κ1) is 18.4. The van der Waals surface area contributed by atoms with E-state index in [1.807, 2.05) is 20.8 Å². The number of hydrogen-bond acceptors (Lipinski definition) is 4. The molecule has 0 aromatic heterocycles. The third kappa shape index (κ3) is 8.24. The van der Waals surface area contributed by atoms with Crippen molar-refractivity contribution >= 4 is 13.0 Å². The molecule has 0 aliphatic carbocycles. The average molecular weight is 273 g/mol. The minimum atomic E-state index is -1.56. The van der Waals surface area contributed by atoms with Crippen LogP contribution in [0.25, 0.3) is 0 Å². The fraction of sp³-hybridized carbons (Fsp3) is 0.923. The summed E-state index contributed by atoms with van der Waals surface area (Å²) >= 11 is 0. The van der Waals surface area contributed by atoms with Crippen LogP contribution in [0.3, 0.4) is 0 Å². The first-order chi connectivity index (χ1) is 8.77. The van der Waals surface area contributed by atoms with Gasteiger partial charge in [0, 0.05) is 5.92 Å². The molecule has 0 saturated carbocycles. The molecule has 5 nitrogen and oxygen atoms in total. The van der Waals surface area contributed by atoms with Gasteiger partial charge in [-0.05, 0) is 25.2 Å². The largest absolute Gasteiger partial charge is 0.475 e. The first-order valence-electron chi connectivity index (χ1n) is 7.12. The van der Waals surface area contributed by atoms with Crippen LogP contribution < -0.4 is 5.32 Å². The second-order valence-corrected chi connectivity index (χ2v) is 5.74. The molecule has 0 bridgehead atoms. The molecule has 3 atom stereocenters. The Hall–Kier alpha value is -0.585. The van der Waals surface area contributed by atoms with Crippen molar-refractivity contribution in [3.63, 3.8) is 0 Å². The summed E-state index contributed by atoms with van der Waals surface area (Å²) in [7, 11) is -1.56. The van der Waals surface area contributed by atoms with Gasteiger partial charge in [-0.15, -0.1) is 0 Å². The Morgan fingerprint density at radius 1 is 1.21 bits per heavy atom. The summed E-state index contributed by atoms with van der Waals surface area (Å²) in [6.45, 7) is 7.63. The Kier molecular flexibility index (Phi) is 9.05. The number of carbonyl (C=O) groups is 1. The minimum absolute atomic E-state index is 0.242. The Morgan fingerprint density at radius 2 is 1.79 bits per heavy atom. The van der Waals surface area contributed by atoms with Crippen LogP contribution >= 0.6 is 0 Å². The van der Waals surface area contributed by atoms with E-state index in [1.54, 1.807) is 6.92 Å². The maximum absolute atomic E-state index is 11.9. The van der Waals surface area contributed by atoms with Crippen LogP contribution in [-0.2, 0) is 4.79 Å². The second-order valence-electron chi connectivity index (χ2n) is 5.74. The van der Waals surface area contributed by atoms with E-state index in [9.17, 15) is 19.9 Å². The molecule has 0 spiro atoms. The molecule has 0 radical (unpaired) electrons. The van der Waals surface area contributed by atoms with Crippen LogP contribution in [0.15, 0.2) is 0 Å². The molecule has 1 amide bonds. The number of hydrogen-bond donors (Lipinski definition) is 4. The normalized spacial score (nSPS) is 16.0. The quantitative estimate of drug-likeness (QED) is 0.466. The number of aliphatic hydroxyl groups is 1. The Labute approximate surface area is 116 Å². The zero-order valence-corrected chi connectivity index (χ0v) is 12.5. The predicted octanol–water partition coefficient (Wildman–Crippen LogP) is 0.716. The highest BCUT2D eigenvalue weighted by atomic mass is 16.4. The van der Waals surface area contributed by atoms with Crippen molar-refractivity contribution in [1.82, 2.24) is 5.32 Å². The van der Waals surface area contributed by atoms with Crippen LogP contribution in [0.2, 0.25) is 0 Å². The SMILES string of the molecule is CCC[C@@H](O)C[C@H](C)C(=O)N[C@@H](CC(C)C)B(O)O. The molecule has 0 aromatic carbocycles. The maximum atomic E-state index is 11.9. The van der Waals surface area contributed by atoms with E-state index in [4.69, 9.17) is 0 Å². The standard InChI is InChI=1S/C13H28BNO4/c1-5-6-11(16)8-10(4)13(17)15-12(14(18)19)7-9(2)3/h9-12,16,18-19H,5-8H2,1-4H3,(H,15,17)/t10-,11+,12-/m0/s1. The van der Waals surface area contributed by atoms with E-state index < -0.39 is 19.2 Å². The van der Waals surface area contributed by atoms with Crippen molar-refractivity contribution in [3.8, 4) is 0 Å². The number of nitrogens with one attached hydrogen (secondary N) is 1. The van der Waals surface area contributed by atoms with Gasteiger partial charge < -0.3 is 20.5 Å². The van der Waals surface area contributed by atoms with Crippen molar-refractivity contribution in [2.45, 2.75) is 65.4 Å². The average Bonchev–Trinajstić information content (AvgIpc) is 2.27. The van der Waals surface area contributed by atoms with Crippen LogP contribution in [0.1, 0.15) is 53.4 Å². The van der Waals surface area contributed by atoms with Gasteiger partial charge in [0.05, 0.1) is 12.0 Å². The highest BCUT2D eigenvalue weighted by Crippen LogP contribution is 2.12. The van der Waals surface area contributed by atoms with Crippen LogP contribution in [0.4, 0.5) is 0 Å². The van der Waals surface area contributed by atoms with Gasteiger partial charge in [0.1, 0.15) is 0 Å². The van der Waals surface area contributed by atoms with Crippen molar-refractivity contribution < 1.29 is 19.9 Å². The van der Waals surface area contributed by atoms with E-state index in [-0.39, 0.29) is 17.7 Å². The molecule has 0 aromatic rings. The molecule has 0 aliphatic heterocycles. The lowest BCUT2D eigenvalue weighted by Crippen LogP contribution is -2.49. The van der Waals surface area contributed by atoms with E-state index >= 15 is 0 Å². The number of aliphatic hydroxyl groups excluding tert-OH is 1. The fourth-order valence-corrected chi connectivity index (χ4v) is 2.05. The molecule has 6 heteroatoms. The maximum Gasteiger partial charge on any atom is 0.475 e. The topological polar surface area (TPSA) is 89.8 Å². The monoisotopic (exact) mass is 273 g/mol. The number of carbonyl (C=O) groups excluding carboxylic acids is 1. The zero-order chi connectivity index (χ0) is 15.0. The summed E-state index contributed by atoms with van der Waals surface area (Å²) in [4.78, 5) is 11.9. The van der Waals surface area contributed by atoms with Crippen molar-refractivity contribution in [2.24, 2.45) is 11.8 Å². The van der Waals surface area contributed by atoms with E-state index in [0.29, 0.717) is 19.3 Å². The summed E-state index contributed by atoms with van der Waals surface area (Å²) in [5.41, 5.74) is 0. The van der Waals surface area contributed by atoms with Crippen molar-refractivity contribution in [3.05, 3.63) is 0 Å². The Balaban J connectivity index is 4.30. The van der Waals surface area contributed by atoms with E-state index in [2.05, 4.69) is 5.32 Å². The third-order valence-electron chi connectivity index (χ3n) is 3.11. The van der Waals surface area contributed by atoms with Crippen molar-refractivity contribution in [2.75, 3.05) is 0 Å². The molecule has 4 N–H and O–H groups in total. The summed E-state index contributed by atoms with van der Waals surface area (Å²) in [5.74, 6) is -0.977. The molecule has 0 aliphatic rings. The Morgan fingerprint density at radius 3 is 2.21 bits per heavy atom. The number of rotatable bonds is 9. The van der Waals surface area contributed by atoms with Gasteiger partial charge >= 0.3 is 7.12 Å². The molecule has 0 rings (SSSR count). The van der Waals surface area contributed by atoms with Crippen LogP contribution in [0.5, 0.6) is 0 Å². The summed E-state index contributed by atoms with van der Waals surface area (Å²) < 4.78 is 0. The van der Waals surface area contributed by atoms with Gasteiger partial charge in [-0.25, -0.2) is 0 Å². The van der Waals surface area contributed by atoms with Gasteiger partial charge in [-0.2, -0.15) is 0 Å². The highest BCUT2D eigenvalue weighted by Gasteiger charge is 2.28. The molecule has 19 heavy (non-hydrogen) atoms. The van der Waals surface area contributed by atoms with E-state index in [0.717, 1.165) is 6.42 Å². The van der Waals surface area contributed by atoms with E-state index in [1.165, 1.54) is 0 Å². The highest BCUT2D eigenvalue weighted by molar-refractivity contribution is 6.43. The predicted molar refractivity (Wildman–Crippen MR) is 76.3 cm³/mol. The molecule has 0 saturated heterocycles. The van der Waals surface area contributed by atoms with Crippen LogP contribution in [0, 0.1) is 11.8 Å². The lowest BCUT2D eigenvalue weighted by molar-refractivity contribution is -0.126. The third-order valence-corrected chi connectivity index (χ3v) is 3.11. The second kappa shape index (κ2) is 9.34. The lowest BCUT2D eigenvalue weighted by atomic mass is 9.74. The molecule has 0 heterocycles. The van der Waals surface area contributed by atoms with Crippen molar-refractivity contribution in [1.29, 1.82) is 0 Å². The summed E-state index contributed by atoms with van der Waals surface area (Å²) in [6, 6.07) is 0. The van der Waals surface area contributed by atoms with Gasteiger partial charge in [0.15, 0.2) is 0 Å². The lowest BCUT2D eigenvalue weighted by Gasteiger charge is -2.22. The zero-order valence-electron chi connectivity index (χ0n) is 12.5. The van der Waals surface area contributed by atoms with Gasteiger partial charge in [0.2, 0.25) is 5.91 Å². The Bertz CT molecular complexity index is 261. The van der Waals surface area contributed by atoms with Gasteiger partial charge in [-0.1, -0.05) is 34.1 Å². The summed E-state index contributed by atoms with van der Waals surface area (Å²) in [6.07, 6.45) is 1.98. The smallest absolute Gasteiger partial charge is 0.426 e. The van der Waals surface area contributed by atoms with Gasteiger partial charge in [0.25, 0.3) is 0 Å².